The fourth-order valence-corrected chi connectivity index (χ4v) is 4.49. The summed E-state index contributed by atoms with van der Waals surface area (Å²) in [5, 5.41) is 28.9. The Hall–Kier alpha value is -4.41. The molecule has 2 heterocycles. The van der Waals surface area contributed by atoms with Gasteiger partial charge >= 0.3 is 0 Å². The molecule has 0 spiro atoms. The number of aliphatic hydroxyl groups is 1. The summed E-state index contributed by atoms with van der Waals surface area (Å²) in [7, 11) is 0. The first-order chi connectivity index (χ1) is 20.1. The quantitative estimate of drug-likeness (QED) is 0.129. The van der Waals surface area contributed by atoms with E-state index >= 15 is 0 Å². The lowest BCUT2D eigenvalue weighted by Crippen LogP contribution is -2.18. The lowest BCUT2D eigenvalue weighted by atomic mass is 10.1. The van der Waals surface area contributed by atoms with Gasteiger partial charge in [0, 0.05) is 54.5 Å². The predicted octanol–water partition coefficient (Wildman–Crippen LogP) is 4.64. The number of ether oxygens (including phenoxy) is 2. The van der Waals surface area contributed by atoms with E-state index in [0.717, 1.165) is 44.3 Å². The number of hydrogen-bond donors (Lipinski definition) is 4. The molecule has 0 bridgehead atoms. The fourth-order valence-electron chi connectivity index (χ4n) is 4.49. The van der Waals surface area contributed by atoms with Crippen LogP contribution in [0, 0.1) is 23.7 Å². The van der Waals surface area contributed by atoms with Gasteiger partial charge in [0.1, 0.15) is 17.9 Å². The van der Waals surface area contributed by atoms with Gasteiger partial charge in [-0.25, -0.2) is 0 Å². The Morgan fingerprint density at radius 2 is 2.12 bits per heavy atom. The molecule has 9 heteroatoms. The maximum Gasteiger partial charge on any atom is 0.248 e. The lowest BCUT2D eigenvalue weighted by molar-refractivity contribution is -0.111. The van der Waals surface area contributed by atoms with Crippen molar-refractivity contribution in [3.05, 3.63) is 65.9 Å². The highest BCUT2D eigenvalue weighted by molar-refractivity contribution is 6.04. The molecule has 0 saturated carbocycles. The number of hydrogen-bond acceptors (Lipinski definition) is 8. The molecule has 4 N–H and O–H groups in total. The zero-order valence-corrected chi connectivity index (χ0v) is 23.0. The second kappa shape index (κ2) is 15.4. The summed E-state index contributed by atoms with van der Waals surface area (Å²) in [4.78, 5) is 17.4. The van der Waals surface area contributed by atoms with Crippen LogP contribution in [-0.4, -0.2) is 55.0 Å². The Labute approximate surface area is 240 Å². The second-order valence-corrected chi connectivity index (χ2v) is 9.71. The van der Waals surface area contributed by atoms with E-state index in [0.29, 0.717) is 58.9 Å². The van der Waals surface area contributed by atoms with Gasteiger partial charge in [-0.2, -0.15) is 5.26 Å². The summed E-state index contributed by atoms with van der Waals surface area (Å²) in [6, 6.07) is 13.1. The number of carbonyl (C=O) groups is 1. The summed E-state index contributed by atoms with van der Waals surface area (Å²) in [6.07, 6.45) is 14.9. The summed E-state index contributed by atoms with van der Waals surface area (Å²) in [5.41, 5.74) is 3.40. The van der Waals surface area contributed by atoms with Gasteiger partial charge in [-0.1, -0.05) is 30.9 Å². The van der Waals surface area contributed by atoms with E-state index in [-0.39, 0.29) is 18.6 Å². The van der Waals surface area contributed by atoms with E-state index in [1.165, 1.54) is 12.3 Å². The minimum atomic E-state index is -0.303. The zero-order valence-electron chi connectivity index (χ0n) is 23.0. The van der Waals surface area contributed by atoms with Gasteiger partial charge in [0.2, 0.25) is 5.91 Å². The van der Waals surface area contributed by atoms with Crippen LogP contribution >= 0.6 is 0 Å². The summed E-state index contributed by atoms with van der Waals surface area (Å²) in [6.45, 7) is 2.73. The number of nitrogens with zero attached hydrogens (tertiary/aromatic N) is 2. The molecule has 9 nitrogen and oxygen atoms in total. The maximum atomic E-state index is 12.9. The van der Waals surface area contributed by atoms with Gasteiger partial charge in [-0.05, 0) is 43.7 Å². The van der Waals surface area contributed by atoms with E-state index in [2.05, 4.69) is 32.9 Å². The number of benzene rings is 2. The Balaban J connectivity index is 1.56. The first kappa shape index (κ1) is 29.6. The van der Waals surface area contributed by atoms with Gasteiger partial charge in [-0.15, -0.1) is 6.42 Å². The van der Waals surface area contributed by atoms with E-state index in [1.807, 2.05) is 24.3 Å². The number of pyridine rings is 1. The minimum absolute atomic E-state index is 0.136. The van der Waals surface area contributed by atoms with E-state index in [1.54, 1.807) is 18.2 Å². The number of unbranched alkanes of at least 4 members (excludes halogenated alkanes) is 3. The summed E-state index contributed by atoms with van der Waals surface area (Å²) < 4.78 is 11.7. The van der Waals surface area contributed by atoms with Crippen LogP contribution in [0.5, 0.6) is 5.75 Å². The molecule has 1 aliphatic heterocycles. The highest BCUT2D eigenvalue weighted by atomic mass is 16.5. The largest absolute Gasteiger partial charge is 0.486 e. The first-order valence-corrected chi connectivity index (χ1v) is 13.9. The average Bonchev–Trinajstić information content (AvgIpc) is 3.50. The Kier molecular flexibility index (Phi) is 11.1. The molecular formula is C32H35N5O4. The van der Waals surface area contributed by atoms with Crippen molar-refractivity contribution in [3.8, 4) is 24.2 Å². The summed E-state index contributed by atoms with van der Waals surface area (Å²) in [5.74, 6) is 2.79. The molecule has 1 unspecified atom stereocenters. The van der Waals surface area contributed by atoms with Crippen LogP contribution < -0.4 is 20.7 Å². The molecular weight excluding hydrogens is 518 g/mol. The smallest absolute Gasteiger partial charge is 0.248 e. The van der Waals surface area contributed by atoms with Crippen LogP contribution in [0.2, 0.25) is 0 Å². The van der Waals surface area contributed by atoms with Crippen LogP contribution in [0.3, 0.4) is 0 Å². The molecule has 1 aliphatic rings. The highest BCUT2D eigenvalue weighted by Gasteiger charge is 2.21. The molecule has 3 aromatic rings. The van der Waals surface area contributed by atoms with Gasteiger partial charge in [0.05, 0.1) is 35.7 Å². The Morgan fingerprint density at radius 3 is 2.90 bits per heavy atom. The van der Waals surface area contributed by atoms with Crippen LogP contribution in [0.15, 0.2) is 54.7 Å². The molecule has 1 saturated heterocycles. The maximum absolute atomic E-state index is 12.9. The number of aromatic nitrogens is 1. The third-order valence-corrected chi connectivity index (χ3v) is 6.62. The zero-order chi connectivity index (χ0) is 28.9. The van der Waals surface area contributed by atoms with Crippen molar-refractivity contribution < 1.29 is 19.4 Å². The van der Waals surface area contributed by atoms with Crippen molar-refractivity contribution in [2.24, 2.45) is 0 Å². The number of fused-ring (bicyclic) bond motifs is 1. The number of amides is 1. The van der Waals surface area contributed by atoms with Gasteiger partial charge in [0.15, 0.2) is 0 Å². The fraction of sp³-hybridized carbons (Fsp3) is 0.344. The monoisotopic (exact) mass is 553 g/mol. The topological polar surface area (TPSA) is 129 Å². The minimum Gasteiger partial charge on any atom is -0.486 e. The number of nitrogens with one attached hydrogen (secondary N) is 3. The molecule has 1 amide bonds. The molecule has 0 radical (unpaired) electrons. The molecule has 0 aliphatic carbocycles. The number of rotatable bonds is 14. The van der Waals surface area contributed by atoms with Crippen molar-refractivity contribution in [1.29, 1.82) is 5.26 Å². The SMILES string of the molecule is C#Cc1cccc(Nc2c(C#N)cnc3cc(OC4CCOC4)c(NC(=O)/C=C/CNCCCCCCO)cc23)c1. The van der Waals surface area contributed by atoms with Crippen molar-refractivity contribution in [1.82, 2.24) is 10.3 Å². The summed E-state index contributed by atoms with van der Waals surface area (Å²) >= 11 is 0. The van der Waals surface area contributed by atoms with Gasteiger partial charge in [-0.3, -0.25) is 9.78 Å². The third-order valence-electron chi connectivity index (χ3n) is 6.62. The van der Waals surface area contributed by atoms with Gasteiger partial charge in [0.25, 0.3) is 0 Å². The molecule has 2 aromatic carbocycles. The average molecular weight is 554 g/mol. The molecule has 1 aromatic heterocycles. The van der Waals surface area contributed by atoms with E-state index in [4.69, 9.17) is 21.0 Å². The van der Waals surface area contributed by atoms with E-state index in [9.17, 15) is 10.1 Å². The van der Waals surface area contributed by atoms with E-state index < -0.39 is 0 Å². The number of aliphatic hydroxyl groups excluding tert-OH is 1. The van der Waals surface area contributed by atoms with Crippen molar-refractivity contribution in [2.45, 2.75) is 38.2 Å². The van der Waals surface area contributed by atoms with Crippen molar-refractivity contribution in [3.63, 3.8) is 0 Å². The van der Waals surface area contributed by atoms with Crippen LogP contribution in [0.4, 0.5) is 17.1 Å². The number of nitriles is 1. The van der Waals surface area contributed by atoms with Crippen LogP contribution in [0.25, 0.3) is 10.9 Å². The van der Waals surface area contributed by atoms with Crippen LogP contribution in [-0.2, 0) is 9.53 Å². The normalized spacial score (nSPS) is 14.6. The first-order valence-electron chi connectivity index (χ1n) is 13.9. The standard InChI is InChI=1S/C32H35N5O4/c1-2-23-9-7-10-25(17-23)36-32-24(20-33)21-35-28-19-30(41-26-12-16-40-22-26)29(18-27(28)32)37-31(39)11-8-14-34-13-5-3-4-6-15-38/h1,7-11,17-19,21,26,34,38H,3-6,12-16,22H2,(H,35,36)(H,37,39)/b11-8+. The molecule has 4 rings (SSSR count). The Morgan fingerprint density at radius 1 is 1.24 bits per heavy atom. The number of carbonyl (C=O) groups excluding carboxylic acids is 1. The molecule has 1 atom stereocenters. The predicted molar refractivity (Wildman–Crippen MR) is 160 cm³/mol. The molecule has 41 heavy (non-hydrogen) atoms. The van der Waals surface area contributed by atoms with Crippen LogP contribution in [0.1, 0.15) is 43.2 Å². The molecule has 212 valence electrons. The Bertz CT molecular complexity index is 1450. The van der Waals surface area contributed by atoms with Crippen molar-refractivity contribution >= 4 is 33.9 Å². The number of anilines is 3. The third kappa shape index (κ3) is 8.54. The second-order valence-electron chi connectivity index (χ2n) is 9.71. The highest BCUT2D eigenvalue weighted by Crippen LogP contribution is 2.37. The number of terminal acetylenes is 1. The van der Waals surface area contributed by atoms with Crippen molar-refractivity contribution in [2.75, 3.05) is 43.5 Å². The molecule has 1 fully saturated rings. The van der Waals surface area contributed by atoms with Gasteiger partial charge < -0.3 is 30.5 Å². The lowest BCUT2D eigenvalue weighted by Gasteiger charge is -2.18.